The Balaban J connectivity index is 1.70. The molecule has 1 heterocycles. The van der Waals surface area contributed by atoms with Crippen molar-refractivity contribution in [2.24, 2.45) is 5.41 Å². The first kappa shape index (κ1) is 18.4. The Labute approximate surface area is 154 Å². The Kier molecular flexibility index (Phi) is 6.15. The molecule has 4 heteroatoms. The van der Waals surface area contributed by atoms with E-state index in [1.165, 1.54) is 22.6 Å². The quantitative estimate of drug-likeness (QED) is 0.775. The molecule has 2 aromatic carbocycles. The maximum Gasteiger partial charge on any atom is 0.123 e. The first-order chi connectivity index (χ1) is 12.1. The number of hydrogen-bond donors (Lipinski definition) is 1. The normalized spacial score (nSPS) is 21.4. The predicted octanol–water partition coefficient (Wildman–Crippen LogP) is 4.36. The number of benzene rings is 2. The van der Waals surface area contributed by atoms with Gasteiger partial charge >= 0.3 is 0 Å². The molecule has 0 radical (unpaired) electrons. The van der Waals surface area contributed by atoms with Gasteiger partial charge in [0, 0.05) is 23.4 Å². The molecular formula is C21H26FNOS. The van der Waals surface area contributed by atoms with Crippen LogP contribution in [0.2, 0.25) is 0 Å². The lowest BCUT2D eigenvalue weighted by Crippen LogP contribution is -2.46. The molecule has 0 saturated carbocycles. The van der Waals surface area contributed by atoms with E-state index in [0.29, 0.717) is 0 Å². The van der Waals surface area contributed by atoms with Crippen LogP contribution in [0, 0.1) is 11.2 Å². The summed E-state index contributed by atoms with van der Waals surface area (Å²) in [5, 5.41) is 10.1. The van der Waals surface area contributed by atoms with Crippen molar-refractivity contribution in [1.29, 1.82) is 0 Å². The van der Waals surface area contributed by atoms with Crippen LogP contribution in [0.4, 0.5) is 4.39 Å². The van der Waals surface area contributed by atoms with Gasteiger partial charge in [-0.1, -0.05) is 24.3 Å². The molecule has 2 aromatic rings. The Morgan fingerprint density at radius 2 is 1.96 bits per heavy atom. The summed E-state index contributed by atoms with van der Waals surface area (Å²) in [6.45, 7) is 3.03. The summed E-state index contributed by atoms with van der Waals surface area (Å²) in [6, 6.07) is 15.4. The minimum atomic E-state index is -0.208. The van der Waals surface area contributed by atoms with Gasteiger partial charge in [-0.2, -0.15) is 0 Å². The molecular weight excluding hydrogens is 333 g/mol. The number of likely N-dealkylation sites (tertiary alicyclic amines) is 1. The van der Waals surface area contributed by atoms with Gasteiger partial charge < -0.3 is 5.11 Å². The minimum Gasteiger partial charge on any atom is -0.396 e. The van der Waals surface area contributed by atoms with Crippen LogP contribution < -0.4 is 0 Å². The van der Waals surface area contributed by atoms with Crippen LogP contribution in [-0.4, -0.2) is 36.0 Å². The number of thioether (sulfide) groups is 1. The fraction of sp³-hybridized carbons (Fsp3) is 0.429. The molecule has 1 fully saturated rings. The number of halogens is 1. The molecule has 134 valence electrons. The van der Waals surface area contributed by atoms with Crippen molar-refractivity contribution in [3.63, 3.8) is 0 Å². The number of nitrogens with zero attached hydrogens (tertiary/aromatic N) is 1. The van der Waals surface area contributed by atoms with Gasteiger partial charge in [0.2, 0.25) is 0 Å². The van der Waals surface area contributed by atoms with Crippen LogP contribution in [0.5, 0.6) is 0 Å². The first-order valence-electron chi connectivity index (χ1n) is 8.83. The largest absolute Gasteiger partial charge is 0.396 e. The molecule has 2 nitrogen and oxygen atoms in total. The monoisotopic (exact) mass is 359 g/mol. The fourth-order valence-corrected chi connectivity index (χ4v) is 4.32. The topological polar surface area (TPSA) is 23.5 Å². The van der Waals surface area contributed by atoms with Crippen molar-refractivity contribution in [2.75, 3.05) is 26.0 Å². The zero-order chi connectivity index (χ0) is 17.7. The summed E-state index contributed by atoms with van der Waals surface area (Å²) in [7, 11) is 0. The van der Waals surface area contributed by atoms with Crippen molar-refractivity contribution < 1.29 is 9.50 Å². The van der Waals surface area contributed by atoms with Crippen LogP contribution in [0.15, 0.2) is 53.4 Å². The fourth-order valence-electron chi connectivity index (χ4n) is 3.84. The number of aliphatic hydroxyl groups excluding tert-OH is 1. The standard InChI is InChI=1S/C21H26FNOS/c1-25-20-5-2-4-18(12-20)14-23-11-3-10-21(15-23,16-24)13-17-6-8-19(22)9-7-17/h2,4-9,12,24H,3,10-11,13-16H2,1H3/t21-/m0/s1. The van der Waals surface area contributed by atoms with E-state index in [0.717, 1.165) is 44.5 Å². The molecule has 1 N–H and O–H groups in total. The van der Waals surface area contributed by atoms with E-state index in [1.807, 2.05) is 12.1 Å². The van der Waals surface area contributed by atoms with Gasteiger partial charge in [-0.25, -0.2) is 4.39 Å². The molecule has 0 spiro atoms. The highest BCUT2D eigenvalue weighted by Crippen LogP contribution is 2.34. The molecule has 1 saturated heterocycles. The van der Waals surface area contributed by atoms with Crippen molar-refractivity contribution in [3.05, 3.63) is 65.5 Å². The third-order valence-electron chi connectivity index (χ3n) is 5.11. The molecule has 25 heavy (non-hydrogen) atoms. The van der Waals surface area contributed by atoms with Gasteiger partial charge in [-0.15, -0.1) is 11.8 Å². The molecule has 0 unspecified atom stereocenters. The summed E-state index contributed by atoms with van der Waals surface area (Å²) in [5.41, 5.74) is 2.29. The van der Waals surface area contributed by atoms with E-state index >= 15 is 0 Å². The minimum absolute atomic E-state index is 0.132. The van der Waals surface area contributed by atoms with Crippen molar-refractivity contribution in [2.45, 2.75) is 30.7 Å². The summed E-state index contributed by atoms with van der Waals surface area (Å²) in [4.78, 5) is 3.73. The zero-order valence-corrected chi connectivity index (χ0v) is 15.6. The van der Waals surface area contributed by atoms with Gasteiger partial charge in [0.25, 0.3) is 0 Å². The van der Waals surface area contributed by atoms with Crippen molar-refractivity contribution in [1.82, 2.24) is 4.90 Å². The maximum atomic E-state index is 13.1. The molecule has 1 aliphatic heterocycles. The second-order valence-corrected chi connectivity index (χ2v) is 8.01. The first-order valence-corrected chi connectivity index (χ1v) is 10.1. The van der Waals surface area contributed by atoms with Gasteiger partial charge in [0.05, 0.1) is 6.61 Å². The lowest BCUT2D eigenvalue weighted by molar-refractivity contribution is 0.0288. The third-order valence-corrected chi connectivity index (χ3v) is 5.83. The lowest BCUT2D eigenvalue weighted by atomic mass is 9.75. The summed E-state index contributed by atoms with van der Waals surface area (Å²) < 4.78 is 13.1. The van der Waals surface area contributed by atoms with E-state index in [4.69, 9.17) is 0 Å². The molecule has 1 atom stereocenters. The summed E-state index contributed by atoms with van der Waals surface area (Å²) >= 11 is 1.76. The zero-order valence-electron chi connectivity index (χ0n) is 14.7. The molecule has 0 aromatic heterocycles. The lowest BCUT2D eigenvalue weighted by Gasteiger charge is -2.42. The third kappa shape index (κ3) is 4.84. The highest BCUT2D eigenvalue weighted by atomic mass is 32.2. The predicted molar refractivity (Wildman–Crippen MR) is 102 cm³/mol. The smallest absolute Gasteiger partial charge is 0.123 e. The van der Waals surface area contributed by atoms with E-state index in [9.17, 15) is 9.50 Å². The number of piperidine rings is 1. The van der Waals surface area contributed by atoms with Gasteiger partial charge in [-0.3, -0.25) is 4.90 Å². The van der Waals surface area contributed by atoms with Crippen molar-refractivity contribution in [3.8, 4) is 0 Å². The van der Waals surface area contributed by atoms with Gasteiger partial charge in [-0.05, 0) is 67.5 Å². The second-order valence-electron chi connectivity index (χ2n) is 7.13. The van der Waals surface area contributed by atoms with Crippen LogP contribution in [0.25, 0.3) is 0 Å². The van der Waals surface area contributed by atoms with Gasteiger partial charge in [0.1, 0.15) is 5.82 Å². The molecule has 0 aliphatic carbocycles. The van der Waals surface area contributed by atoms with Gasteiger partial charge in [0.15, 0.2) is 0 Å². The van der Waals surface area contributed by atoms with Crippen LogP contribution in [0.1, 0.15) is 24.0 Å². The van der Waals surface area contributed by atoms with Crippen LogP contribution in [-0.2, 0) is 13.0 Å². The van der Waals surface area contributed by atoms with Crippen molar-refractivity contribution >= 4 is 11.8 Å². The Bertz CT molecular complexity index is 691. The highest BCUT2D eigenvalue weighted by molar-refractivity contribution is 7.98. The molecule has 3 rings (SSSR count). The van der Waals surface area contributed by atoms with E-state index in [2.05, 4.69) is 35.4 Å². The SMILES string of the molecule is CSc1cccc(CN2CCC[C@](CO)(Cc3ccc(F)cc3)C2)c1. The van der Waals surface area contributed by atoms with Crippen LogP contribution >= 0.6 is 11.8 Å². The average Bonchev–Trinajstić information content (AvgIpc) is 2.64. The van der Waals surface area contributed by atoms with Crippen LogP contribution in [0.3, 0.4) is 0 Å². The van der Waals surface area contributed by atoms with E-state index in [1.54, 1.807) is 11.8 Å². The maximum absolute atomic E-state index is 13.1. The van der Waals surface area contributed by atoms with E-state index < -0.39 is 0 Å². The molecule has 1 aliphatic rings. The number of rotatable bonds is 6. The molecule has 0 amide bonds. The Morgan fingerprint density at radius 3 is 2.68 bits per heavy atom. The summed E-state index contributed by atoms with van der Waals surface area (Å²) in [6.07, 6.45) is 5.00. The Morgan fingerprint density at radius 1 is 1.16 bits per heavy atom. The van der Waals surface area contributed by atoms with E-state index in [-0.39, 0.29) is 17.8 Å². The second kappa shape index (κ2) is 8.35. The highest BCUT2D eigenvalue weighted by Gasteiger charge is 2.35. The number of aliphatic hydroxyl groups is 1. The average molecular weight is 360 g/mol. The summed E-state index contributed by atoms with van der Waals surface area (Å²) in [5.74, 6) is -0.208. The molecule has 0 bridgehead atoms. The number of hydrogen-bond acceptors (Lipinski definition) is 3. The Hall–Kier alpha value is -1.36.